The zero-order valence-electron chi connectivity index (χ0n) is 40.3. The van der Waals surface area contributed by atoms with Gasteiger partial charge < -0.3 is 4.90 Å². The molecule has 0 aliphatic heterocycles. The summed E-state index contributed by atoms with van der Waals surface area (Å²) < 4.78 is 0. The molecule has 72 heavy (non-hydrogen) atoms. The molecule has 1 nitrogen and oxygen atoms in total. The van der Waals surface area contributed by atoms with Gasteiger partial charge in [0, 0.05) is 17.1 Å². The Morgan fingerprint density at radius 2 is 0.736 bits per heavy atom. The molecule has 0 N–H and O–H groups in total. The van der Waals surface area contributed by atoms with Crippen molar-refractivity contribution in [3.8, 4) is 66.8 Å². The summed E-state index contributed by atoms with van der Waals surface area (Å²) in [4.78, 5) is 2.47. The molecule has 1 heteroatoms. The second kappa shape index (κ2) is 17.4. The van der Waals surface area contributed by atoms with Gasteiger partial charge in [-0.05, 0) is 161 Å². The largest absolute Gasteiger partial charge is 0.310 e. The Morgan fingerprint density at radius 1 is 0.292 bits per heavy atom. The lowest BCUT2D eigenvalue weighted by Gasteiger charge is -2.40. The first-order chi connectivity index (χ1) is 35.7. The summed E-state index contributed by atoms with van der Waals surface area (Å²) >= 11 is 0. The second-order valence-electron chi connectivity index (χ2n) is 20.1. The highest BCUT2D eigenvalue weighted by Gasteiger charge is 2.50. The molecule has 0 amide bonds. The lowest BCUT2D eigenvalue weighted by molar-refractivity contribution is 0.443. The summed E-state index contributed by atoms with van der Waals surface area (Å²) in [6.45, 7) is 0. The van der Waals surface area contributed by atoms with E-state index in [1.165, 1.54) is 137 Å². The minimum atomic E-state index is -0.519. The molecule has 0 saturated heterocycles. The predicted octanol–water partition coefficient (Wildman–Crippen LogP) is 19.4. The average Bonchev–Trinajstić information content (AvgIpc) is 3.75. The summed E-state index contributed by atoms with van der Waals surface area (Å²) in [5.74, 6) is 0.692. The van der Waals surface area contributed by atoms with Gasteiger partial charge in [-0.2, -0.15) is 0 Å². The maximum Gasteiger partial charge on any atom is 0.0726 e. The van der Waals surface area contributed by atoms with Gasteiger partial charge >= 0.3 is 0 Å². The van der Waals surface area contributed by atoms with E-state index in [9.17, 15) is 0 Å². The number of anilines is 3. The van der Waals surface area contributed by atoms with Gasteiger partial charge in [0.25, 0.3) is 0 Å². The van der Waals surface area contributed by atoms with Crippen LogP contribution < -0.4 is 4.90 Å². The Balaban J connectivity index is 0.925. The molecule has 0 aromatic heterocycles. The molecule has 342 valence electrons. The summed E-state index contributed by atoms with van der Waals surface area (Å²) in [7, 11) is 0. The number of nitrogens with zero attached hydrogens (tertiary/aromatic N) is 1. The maximum absolute atomic E-state index is 2.51. The topological polar surface area (TPSA) is 3.24 Å². The summed E-state index contributed by atoms with van der Waals surface area (Å²) in [5, 5.41) is 2.62. The SMILES string of the molecule is c1ccc(-c2ccccc2-c2ccccc2-c2ccc(N(c3ccc(-c4ccc(C5CCCCC5)cc4)cc3)c3ccc4c(c3)C3(c5ccccc5-4)c4ccccc4-c4cccc5cccc3c45)cc2)cc1. The first-order valence-electron chi connectivity index (χ1n) is 25.9. The molecule has 1 unspecified atom stereocenters. The molecule has 3 aliphatic carbocycles. The van der Waals surface area contributed by atoms with Crippen LogP contribution in [-0.2, 0) is 5.41 Å². The number of rotatable bonds is 8. The van der Waals surface area contributed by atoms with Crippen molar-refractivity contribution < 1.29 is 0 Å². The fraction of sp³-hybridized carbons (Fsp3) is 0.0986. The Kier molecular flexibility index (Phi) is 10.2. The molecule has 0 radical (unpaired) electrons. The molecule has 14 rings (SSSR count). The van der Waals surface area contributed by atoms with Crippen molar-refractivity contribution in [1.29, 1.82) is 0 Å². The molecule has 1 atom stereocenters. The van der Waals surface area contributed by atoms with Crippen LogP contribution in [0.2, 0.25) is 0 Å². The summed E-state index contributed by atoms with van der Waals surface area (Å²) in [5.41, 5.74) is 24.6. The van der Waals surface area contributed by atoms with E-state index in [4.69, 9.17) is 0 Å². The number of hydrogen-bond donors (Lipinski definition) is 0. The van der Waals surface area contributed by atoms with E-state index in [1.54, 1.807) is 0 Å². The molecule has 1 fully saturated rings. The van der Waals surface area contributed by atoms with Crippen molar-refractivity contribution in [3.05, 3.63) is 283 Å². The van der Waals surface area contributed by atoms with E-state index in [0.717, 1.165) is 17.1 Å². The van der Waals surface area contributed by atoms with E-state index in [-0.39, 0.29) is 0 Å². The van der Waals surface area contributed by atoms with E-state index in [1.807, 2.05) is 0 Å². The van der Waals surface area contributed by atoms with Crippen LogP contribution in [0.4, 0.5) is 17.1 Å². The Bertz CT molecular complexity index is 3820. The van der Waals surface area contributed by atoms with Gasteiger partial charge in [0.05, 0.1) is 5.41 Å². The normalized spacial score (nSPS) is 15.5. The molecule has 11 aromatic rings. The van der Waals surface area contributed by atoms with E-state index in [2.05, 4.69) is 260 Å². The standard InChI is InChI=1S/C71H53N/c1-3-17-48(18-4-1)49-33-35-50(36-34-49)51-37-41-55(42-38-51)72(56-43-39-53(40-44-56)59-24-8-10-26-61(59)60-25-9-7-23-58(60)52-19-5-2-6-20-52)57-45-46-64-62-27-11-13-30-66(62)71(69(64)47-57)67-31-14-12-28-63(67)65-29-15-21-54-22-16-32-68(71)70(54)65/h2,5-16,19-48H,1,3-4,17-18H2. The minimum absolute atomic E-state index is 0.519. The van der Waals surface area contributed by atoms with Crippen molar-refractivity contribution in [2.45, 2.75) is 43.4 Å². The van der Waals surface area contributed by atoms with Gasteiger partial charge in [-0.25, -0.2) is 0 Å². The van der Waals surface area contributed by atoms with Crippen LogP contribution >= 0.6 is 0 Å². The Hall–Kier alpha value is -8.52. The molecular formula is C71H53N. The van der Waals surface area contributed by atoms with Crippen LogP contribution in [0.25, 0.3) is 77.5 Å². The van der Waals surface area contributed by atoms with Gasteiger partial charge in [0.1, 0.15) is 0 Å². The Morgan fingerprint density at radius 3 is 1.36 bits per heavy atom. The zero-order valence-corrected chi connectivity index (χ0v) is 40.3. The average molecular weight is 920 g/mol. The van der Waals surface area contributed by atoms with Crippen molar-refractivity contribution in [3.63, 3.8) is 0 Å². The highest BCUT2D eigenvalue weighted by atomic mass is 15.1. The first kappa shape index (κ1) is 42.4. The molecular weight excluding hydrogens is 867 g/mol. The summed E-state index contributed by atoms with van der Waals surface area (Å²) in [6.07, 6.45) is 6.69. The molecule has 1 spiro atoms. The van der Waals surface area contributed by atoms with Crippen molar-refractivity contribution in [2.75, 3.05) is 4.90 Å². The molecule has 1 saturated carbocycles. The van der Waals surface area contributed by atoms with Gasteiger partial charge in [-0.3, -0.25) is 0 Å². The number of benzene rings is 11. The van der Waals surface area contributed by atoms with Crippen molar-refractivity contribution in [2.24, 2.45) is 0 Å². The van der Waals surface area contributed by atoms with Gasteiger partial charge in [0.15, 0.2) is 0 Å². The third-order valence-corrected chi connectivity index (χ3v) is 16.3. The summed E-state index contributed by atoms with van der Waals surface area (Å²) in [6, 6.07) is 95.7. The fourth-order valence-electron chi connectivity index (χ4n) is 13.0. The van der Waals surface area contributed by atoms with Gasteiger partial charge in [-0.15, -0.1) is 0 Å². The van der Waals surface area contributed by atoms with Gasteiger partial charge in [0.2, 0.25) is 0 Å². The lowest BCUT2D eigenvalue weighted by atomic mass is 9.61. The quantitative estimate of drug-likeness (QED) is 0.147. The van der Waals surface area contributed by atoms with Gasteiger partial charge in [-0.1, -0.05) is 238 Å². The van der Waals surface area contributed by atoms with Crippen LogP contribution in [0.5, 0.6) is 0 Å². The zero-order chi connectivity index (χ0) is 47.6. The monoisotopic (exact) mass is 919 g/mol. The van der Waals surface area contributed by atoms with E-state index >= 15 is 0 Å². The maximum atomic E-state index is 2.51. The van der Waals surface area contributed by atoms with E-state index in [0.29, 0.717) is 5.92 Å². The van der Waals surface area contributed by atoms with Crippen molar-refractivity contribution in [1.82, 2.24) is 0 Å². The fourth-order valence-corrected chi connectivity index (χ4v) is 13.0. The smallest absolute Gasteiger partial charge is 0.0726 e. The molecule has 11 aromatic carbocycles. The number of hydrogen-bond acceptors (Lipinski definition) is 1. The van der Waals surface area contributed by atoms with Crippen LogP contribution in [-0.4, -0.2) is 0 Å². The number of fused-ring (bicyclic) bond motifs is 9. The van der Waals surface area contributed by atoms with Crippen LogP contribution in [0.1, 0.15) is 65.8 Å². The third-order valence-electron chi connectivity index (χ3n) is 16.3. The predicted molar refractivity (Wildman–Crippen MR) is 302 cm³/mol. The van der Waals surface area contributed by atoms with Crippen molar-refractivity contribution >= 4 is 27.8 Å². The third kappa shape index (κ3) is 6.75. The highest BCUT2D eigenvalue weighted by Crippen LogP contribution is 2.62. The Labute approximate surface area is 423 Å². The molecule has 3 aliphatic rings. The van der Waals surface area contributed by atoms with Crippen LogP contribution in [0.15, 0.2) is 255 Å². The minimum Gasteiger partial charge on any atom is -0.310 e. The van der Waals surface area contributed by atoms with Crippen LogP contribution in [0.3, 0.4) is 0 Å². The lowest BCUT2D eigenvalue weighted by Crippen LogP contribution is -2.32. The highest BCUT2D eigenvalue weighted by molar-refractivity contribution is 6.07. The molecule has 0 heterocycles. The second-order valence-corrected chi connectivity index (χ2v) is 20.1. The molecule has 0 bridgehead atoms. The first-order valence-corrected chi connectivity index (χ1v) is 25.9. The van der Waals surface area contributed by atoms with Crippen LogP contribution in [0, 0.1) is 0 Å². The van der Waals surface area contributed by atoms with E-state index < -0.39 is 5.41 Å².